The summed E-state index contributed by atoms with van der Waals surface area (Å²) in [5.74, 6) is 0.208. The maximum atomic E-state index is 9.05. The number of phenolic OH excluding ortho intramolecular Hbond substituents is 1. The molecule has 0 aliphatic heterocycles. The normalized spacial score (nSPS) is 9.18. The third-order valence-corrected chi connectivity index (χ3v) is 1.46. The zero-order valence-electron chi connectivity index (χ0n) is 6.26. The summed E-state index contributed by atoms with van der Waals surface area (Å²) >= 11 is 0. The first kappa shape index (κ1) is 7.60. The van der Waals surface area contributed by atoms with Crippen LogP contribution in [0.2, 0.25) is 0 Å². The fraction of sp³-hybridized carbons (Fsp3) is 0.125. The Hall–Kier alpha value is -1.51. The minimum atomic E-state index is 0.208. The Morgan fingerprint density at radius 2 is 2.27 bits per heavy atom. The van der Waals surface area contributed by atoms with Crippen molar-refractivity contribution >= 4 is 11.9 Å². The van der Waals surface area contributed by atoms with Crippen molar-refractivity contribution in [3.05, 3.63) is 23.8 Å². The molecule has 1 rings (SSSR count). The maximum absolute atomic E-state index is 9.05. The largest absolute Gasteiger partial charge is 0.508 e. The van der Waals surface area contributed by atoms with E-state index in [4.69, 9.17) is 10.5 Å². The molecule has 0 unspecified atom stereocenters. The SMILES string of the molecule is CNc1cc(O)ccc1C=N. The predicted molar refractivity (Wildman–Crippen MR) is 45.5 cm³/mol. The van der Waals surface area contributed by atoms with Crippen molar-refractivity contribution in [1.82, 2.24) is 0 Å². The highest BCUT2D eigenvalue weighted by atomic mass is 16.3. The van der Waals surface area contributed by atoms with Crippen LogP contribution in [-0.2, 0) is 0 Å². The summed E-state index contributed by atoms with van der Waals surface area (Å²) in [4.78, 5) is 0. The molecule has 0 radical (unpaired) electrons. The summed E-state index contributed by atoms with van der Waals surface area (Å²) in [6.07, 6.45) is 1.24. The average Bonchev–Trinajstić information content (AvgIpc) is 2.04. The van der Waals surface area contributed by atoms with Crippen LogP contribution < -0.4 is 5.32 Å². The third-order valence-electron chi connectivity index (χ3n) is 1.46. The van der Waals surface area contributed by atoms with Gasteiger partial charge in [0.25, 0.3) is 0 Å². The van der Waals surface area contributed by atoms with Crippen molar-refractivity contribution < 1.29 is 5.11 Å². The van der Waals surface area contributed by atoms with E-state index in [2.05, 4.69) is 5.32 Å². The highest BCUT2D eigenvalue weighted by Gasteiger charge is 1.97. The number of nitrogens with one attached hydrogen (secondary N) is 2. The Morgan fingerprint density at radius 3 is 2.82 bits per heavy atom. The fourth-order valence-corrected chi connectivity index (χ4v) is 0.887. The monoisotopic (exact) mass is 150 g/mol. The van der Waals surface area contributed by atoms with Gasteiger partial charge in [0.2, 0.25) is 0 Å². The van der Waals surface area contributed by atoms with Crippen LogP contribution in [0.3, 0.4) is 0 Å². The van der Waals surface area contributed by atoms with Crippen molar-refractivity contribution in [3.8, 4) is 5.75 Å². The van der Waals surface area contributed by atoms with Gasteiger partial charge in [-0.3, -0.25) is 0 Å². The molecule has 0 atom stereocenters. The molecule has 0 aromatic heterocycles. The molecule has 1 aromatic carbocycles. The molecule has 0 spiro atoms. The molecule has 0 amide bonds. The average molecular weight is 150 g/mol. The molecule has 0 aliphatic rings. The summed E-state index contributed by atoms with van der Waals surface area (Å²) < 4.78 is 0. The number of hydrogen-bond acceptors (Lipinski definition) is 3. The van der Waals surface area contributed by atoms with Gasteiger partial charge in [-0.25, -0.2) is 0 Å². The second-order valence-electron chi connectivity index (χ2n) is 2.17. The number of aromatic hydroxyl groups is 1. The van der Waals surface area contributed by atoms with Gasteiger partial charge in [0.05, 0.1) is 0 Å². The molecule has 3 heteroatoms. The maximum Gasteiger partial charge on any atom is 0.117 e. The second kappa shape index (κ2) is 3.05. The first-order chi connectivity index (χ1) is 5.27. The van der Waals surface area contributed by atoms with Gasteiger partial charge in [0.1, 0.15) is 5.75 Å². The molecule has 0 heterocycles. The summed E-state index contributed by atoms with van der Waals surface area (Å²) in [6, 6.07) is 4.83. The van der Waals surface area contributed by atoms with Crippen LogP contribution >= 0.6 is 0 Å². The van der Waals surface area contributed by atoms with Crippen LogP contribution in [-0.4, -0.2) is 18.4 Å². The van der Waals surface area contributed by atoms with E-state index in [0.29, 0.717) is 0 Å². The zero-order chi connectivity index (χ0) is 8.27. The van der Waals surface area contributed by atoms with E-state index >= 15 is 0 Å². The predicted octanol–water partition coefficient (Wildman–Crippen LogP) is 1.43. The molecule has 0 bridgehead atoms. The molecule has 3 nitrogen and oxygen atoms in total. The van der Waals surface area contributed by atoms with E-state index in [9.17, 15) is 0 Å². The van der Waals surface area contributed by atoms with E-state index in [-0.39, 0.29) is 5.75 Å². The van der Waals surface area contributed by atoms with Crippen molar-refractivity contribution in [2.24, 2.45) is 0 Å². The highest BCUT2D eigenvalue weighted by Crippen LogP contribution is 2.19. The van der Waals surface area contributed by atoms with E-state index in [0.717, 1.165) is 11.3 Å². The minimum absolute atomic E-state index is 0.208. The molecule has 58 valence electrons. The van der Waals surface area contributed by atoms with Crippen molar-refractivity contribution in [2.75, 3.05) is 12.4 Å². The van der Waals surface area contributed by atoms with Gasteiger partial charge < -0.3 is 15.8 Å². The quantitative estimate of drug-likeness (QED) is 0.558. The molecule has 1 aromatic rings. The van der Waals surface area contributed by atoms with Crippen LogP contribution in [0.5, 0.6) is 5.75 Å². The Balaban J connectivity index is 3.16. The molecular weight excluding hydrogens is 140 g/mol. The van der Waals surface area contributed by atoms with Crippen molar-refractivity contribution in [1.29, 1.82) is 5.41 Å². The summed E-state index contributed by atoms with van der Waals surface area (Å²) in [5, 5.41) is 18.9. The van der Waals surface area contributed by atoms with E-state index < -0.39 is 0 Å². The standard InChI is InChI=1S/C8H10N2O/c1-10-8-4-7(11)3-2-6(8)5-9/h2-5,9-11H,1H3. The van der Waals surface area contributed by atoms with E-state index in [1.807, 2.05) is 0 Å². The van der Waals surface area contributed by atoms with Crippen molar-refractivity contribution in [2.45, 2.75) is 0 Å². The number of anilines is 1. The number of benzene rings is 1. The lowest BCUT2D eigenvalue weighted by molar-refractivity contribution is 0.475. The van der Waals surface area contributed by atoms with Crippen LogP contribution in [0.1, 0.15) is 5.56 Å². The van der Waals surface area contributed by atoms with Gasteiger partial charge in [-0.1, -0.05) is 0 Å². The van der Waals surface area contributed by atoms with E-state index in [1.165, 1.54) is 6.21 Å². The lowest BCUT2D eigenvalue weighted by Gasteiger charge is -2.03. The lowest BCUT2D eigenvalue weighted by atomic mass is 10.2. The van der Waals surface area contributed by atoms with Gasteiger partial charge in [-0.15, -0.1) is 0 Å². The lowest BCUT2D eigenvalue weighted by Crippen LogP contribution is -1.93. The molecule has 0 fully saturated rings. The highest BCUT2D eigenvalue weighted by molar-refractivity contribution is 5.86. The van der Waals surface area contributed by atoms with Gasteiger partial charge in [-0.2, -0.15) is 0 Å². The molecule has 0 saturated heterocycles. The summed E-state index contributed by atoms with van der Waals surface area (Å²) in [6.45, 7) is 0. The first-order valence-electron chi connectivity index (χ1n) is 3.29. The molecule has 11 heavy (non-hydrogen) atoms. The second-order valence-corrected chi connectivity index (χ2v) is 2.17. The van der Waals surface area contributed by atoms with Crippen LogP contribution in [0.15, 0.2) is 18.2 Å². The van der Waals surface area contributed by atoms with Crippen molar-refractivity contribution in [3.63, 3.8) is 0 Å². The third kappa shape index (κ3) is 1.49. The molecule has 3 N–H and O–H groups in total. The number of phenols is 1. The zero-order valence-corrected chi connectivity index (χ0v) is 6.26. The summed E-state index contributed by atoms with van der Waals surface area (Å²) in [5.41, 5.74) is 1.53. The van der Waals surface area contributed by atoms with Crippen LogP contribution in [0.4, 0.5) is 5.69 Å². The fourth-order valence-electron chi connectivity index (χ4n) is 0.887. The summed E-state index contributed by atoms with van der Waals surface area (Å²) in [7, 11) is 1.75. The van der Waals surface area contributed by atoms with Gasteiger partial charge in [0, 0.05) is 30.6 Å². The first-order valence-corrected chi connectivity index (χ1v) is 3.29. The number of hydrogen-bond donors (Lipinski definition) is 3. The van der Waals surface area contributed by atoms with E-state index in [1.54, 1.807) is 25.2 Å². The molecule has 0 saturated carbocycles. The van der Waals surface area contributed by atoms with Gasteiger partial charge in [-0.05, 0) is 12.1 Å². The van der Waals surface area contributed by atoms with Gasteiger partial charge in [0.15, 0.2) is 0 Å². The Morgan fingerprint density at radius 1 is 1.55 bits per heavy atom. The van der Waals surface area contributed by atoms with Crippen LogP contribution in [0, 0.1) is 5.41 Å². The Labute approximate surface area is 65.2 Å². The van der Waals surface area contributed by atoms with Gasteiger partial charge >= 0.3 is 0 Å². The Kier molecular flexibility index (Phi) is 2.11. The smallest absolute Gasteiger partial charge is 0.117 e. The minimum Gasteiger partial charge on any atom is -0.508 e. The molecular formula is C8H10N2O. The topological polar surface area (TPSA) is 56.1 Å². The number of rotatable bonds is 2. The Bertz CT molecular complexity index is 271. The molecule has 0 aliphatic carbocycles. The van der Waals surface area contributed by atoms with Crippen LogP contribution in [0.25, 0.3) is 0 Å².